The summed E-state index contributed by atoms with van der Waals surface area (Å²) in [5.74, 6) is 0.504. The van der Waals surface area contributed by atoms with Crippen LogP contribution in [0.3, 0.4) is 0 Å². The fourth-order valence-corrected chi connectivity index (χ4v) is 2.65. The Bertz CT molecular complexity index is 896. The number of fused-ring (bicyclic) bond motifs is 1. The maximum atomic E-state index is 12.7. The molecule has 0 aliphatic carbocycles. The second-order valence-electron chi connectivity index (χ2n) is 5.62. The molecule has 3 aromatic rings. The second-order valence-corrected chi connectivity index (χ2v) is 5.62. The number of rotatable bonds is 2. The molecule has 112 valence electrons. The standard InChI is InChI=1S/C18H18N2O2/c1-10-8-13(12(3)19)18-14(9-10)16(21)11(2)17(22-18)15-6-4-5-7-20-15/h4-9,12H,19H2,1-3H3. The summed E-state index contributed by atoms with van der Waals surface area (Å²) in [6, 6.07) is 9.12. The number of aryl methyl sites for hydroxylation is 1. The van der Waals surface area contributed by atoms with Crippen molar-refractivity contribution in [2.24, 2.45) is 5.73 Å². The second kappa shape index (κ2) is 5.39. The predicted molar refractivity (Wildman–Crippen MR) is 87.8 cm³/mol. The molecular formula is C18H18N2O2. The quantitative estimate of drug-likeness (QED) is 0.785. The van der Waals surface area contributed by atoms with E-state index >= 15 is 0 Å². The van der Waals surface area contributed by atoms with Gasteiger partial charge < -0.3 is 10.2 Å². The number of aromatic nitrogens is 1. The van der Waals surface area contributed by atoms with Crippen molar-refractivity contribution in [2.45, 2.75) is 26.8 Å². The molecule has 2 aromatic heterocycles. The fraction of sp³-hybridized carbons (Fsp3) is 0.222. The molecule has 0 spiro atoms. The maximum absolute atomic E-state index is 12.7. The van der Waals surface area contributed by atoms with Crippen molar-refractivity contribution >= 4 is 11.0 Å². The Morgan fingerprint density at radius 3 is 2.64 bits per heavy atom. The van der Waals surface area contributed by atoms with Crippen LogP contribution in [0.2, 0.25) is 0 Å². The van der Waals surface area contributed by atoms with Crippen LogP contribution in [0.5, 0.6) is 0 Å². The highest BCUT2D eigenvalue weighted by molar-refractivity contribution is 5.83. The molecule has 0 fully saturated rings. The summed E-state index contributed by atoms with van der Waals surface area (Å²) >= 11 is 0. The van der Waals surface area contributed by atoms with Gasteiger partial charge in [0.05, 0.1) is 5.39 Å². The Morgan fingerprint density at radius 2 is 2.00 bits per heavy atom. The lowest BCUT2D eigenvalue weighted by molar-refractivity contribution is 0.601. The number of pyridine rings is 1. The Balaban J connectivity index is 2.43. The Morgan fingerprint density at radius 1 is 1.23 bits per heavy atom. The van der Waals surface area contributed by atoms with Gasteiger partial charge in [-0.2, -0.15) is 0 Å². The fourth-order valence-electron chi connectivity index (χ4n) is 2.65. The summed E-state index contributed by atoms with van der Waals surface area (Å²) in [6.45, 7) is 5.60. The molecule has 0 aliphatic heterocycles. The smallest absolute Gasteiger partial charge is 0.196 e. The van der Waals surface area contributed by atoms with E-state index in [9.17, 15) is 4.79 Å². The van der Waals surface area contributed by atoms with Crippen LogP contribution in [0, 0.1) is 13.8 Å². The molecule has 1 aromatic carbocycles. The van der Waals surface area contributed by atoms with Gasteiger partial charge in [-0.3, -0.25) is 9.78 Å². The van der Waals surface area contributed by atoms with E-state index in [0.717, 1.165) is 11.1 Å². The van der Waals surface area contributed by atoms with Crippen molar-refractivity contribution in [1.82, 2.24) is 4.98 Å². The zero-order chi connectivity index (χ0) is 15.9. The lowest BCUT2D eigenvalue weighted by atomic mass is 10.00. The molecule has 0 radical (unpaired) electrons. The van der Waals surface area contributed by atoms with Gasteiger partial charge in [-0.1, -0.05) is 12.1 Å². The van der Waals surface area contributed by atoms with Crippen LogP contribution in [-0.4, -0.2) is 4.98 Å². The van der Waals surface area contributed by atoms with Gasteiger partial charge in [0.15, 0.2) is 11.2 Å². The van der Waals surface area contributed by atoms with E-state index in [4.69, 9.17) is 10.2 Å². The summed E-state index contributed by atoms with van der Waals surface area (Å²) in [6.07, 6.45) is 1.68. The molecule has 0 aliphatic rings. The Labute approximate surface area is 128 Å². The highest BCUT2D eigenvalue weighted by Gasteiger charge is 2.17. The van der Waals surface area contributed by atoms with E-state index in [-0.39, 0.29) is 11.5 Å². The number of nitrogens with two attached hydrogens (primary N) is 1. The predicted octanol–water partition coefficient (Wildman–Crippen LogP) is 3.49. The van der Waals surface area contributed by atoms with Crippen LogP contribution in [0.4, 0.5) is 0 Å². The molecule has 2 heterocycles. The van der Waals surface area contributed by atoms with Gasteiger partial charge in [0.2, 0.25) is 0 Å². The number of hydrogen-bond acceptors (Lipinski definition) is 4. The first-order valence-electron chi connectivity index (χ1n) is 7.24. The lowest BCUT2D eigenvalue weighted by Crippen LogP contribution is -2.12. The molecule has 4 heteroatoms. The molecule has 22 heavy (non-hydrogen) atoms. The van der Waals surface area contributed by atoms with E-state index in [1.165, 1.54) is 0 Å². The third kappa shape index (κ3) is 2.31. The highest BCUT2D eigenvalue weighted by Crippen LogP contribution is 2.29. The van der Waals surface area contributed by atoms with Gasteiger partial charge in [-0.25, -0.2) is 0 Å². The van der Waals surface area contributed by atoms with E-state index in [1.807, 2.05) is 44.2 Å². The summed E-state index contributed by atoms with van der Waals surface area (Å²) < 4.78 is 6.06. The average Bonchev–Trinajstić information content (AvgIpc) is 2.51. The van der Waals surface area contributed by atoms with Gasteiger partial charge in [0, 0.05) is 23.4 Å². The molecule has 1 unspecified atom stereocenters. The molecule has 1 atom stereocenters. The monoisotopic (exact) mass is 294 g/mol. The minimum absolute atomic E-state index is 0.0347. The molecule has 3 rings (SSSR count). The number of nitrogens with zero attached hydrogens (tertiary/aromatic N) is 1. The first kappa shape index (κ1) is 14.5. The first-order chi connectivity index (χ1) is 10.5. The molecule has 4 nitrogen and oxygen atoms in total. The van der Waals surface area contributed by atoms with Crippen LogP contribution in [0.25, 0.3) is 22.4 Å². The zero-order valence-corrected chi connectivity index (χ0v) is 12.9. The van der Waals surface area contributed by atoms with Crippen molar-refractivity contribution in [2.75, 3.05) is 0 Å². The summed E-state index contributed by atoms with van der Waals surface area (Å²) in [4.78, 5) is 17.0. The van der Waals surface area contributed by atoms with E-state index in [1.54, 1.807) is 13.1 Å². The first-order valence-corrected chi connectivity index (χ1v) is 7.24. The zero-order valence-electron chi connectivity index (χ0n) is 12.9. The average molecular weight is 294 g/mol. The molecule has 0 amide bonds. The number of hydrogen-bond donors (Lipinski definition) is 1. The molecule has 0 saturated carbocycles. The summed E-state index contributed by atoms with van der Waals surface area (Å²) in [5.41, 5.74) is 9.61. The van der Waals surface area contributed by atoms with E-state index < -0.39 is 0 Å². The van der Waals surface area contributed by atoms with Gasteiger partial charge in [-0.05, 0) is 44.5 Å². The van der Waals surface area contributed by atoms with Gasteiger partial charge >= 0.3 is 0 Å². The highest BCUT2D eigenvalue weighted by atomic mass is 16.3. The largest absolute Gasteiger partial charge is 0.454 e. The maximum Gasteiger partial charge on any atom is 0.196 e. The van der Waals surface area contributed by atoms with Crippen molar-refractivity contribution in [3.8, 4) is 11.5 Å². The van der Waals surface area contributed by atoms with Crippen LogP contribution in [0.15, 0.2) is 45.7 Å². The van der Waals surface area contributed by atoms with Crippen LogP contribution >= 0.6 is 0 Å². The van der Waals surface area contributed by atoms with Crippen LogP contribution < -0.4 is 11.2 Å². The molecule has 0 saturated heterocycles. The minimum atomic E-state index is -0.218. The SMILES string of the molecule is Cc1cc(C(C)N)c2oc(-c3ccccn3)c(C)c(=O)c2c1. The summed E-state index contributed by atoms with van der Waals surface area (Å²) in [7, 11) is 0. The normalized spacial score (nSPS) is 12.5. The van der Waals surface area contributed by atoms with E-state index in [2.05, 4.69) is 4.98 Å². The van der Waals surface area contributed by atoms with Crippen molar-refractivity contribution in [3.63, 3.8) is 0 Å². The minimum Gasteiger partial charge on any atom is -0.454 e. The Hall–Kier alpha value is -2.46. The third-order valence-electron chi connectivity index (χ3n) is 3.78. The molecule has 0 bridgehead atoms. The van der Waals surface area contributed by atoms with Gasteiger partial charge in [0.1, 0.15) is 11.3 Å². The van der Waals surface area contributed by atoms with Gasteiger partial charge in [-0.15, -0.1) is 0 Å². The lowest BCUT2D eigenvalue weighted by Gasteiger charge is -2.13. The molecular weight excluding hydrogens is 276 g/mol. The Kier molecular flexibility index (Phi) is 3.54. The molecule has 2 N–H and O–H groups in total. The third-order valence-corrected chi connectivity index (χ3v) is 3.78. The summed E-state index contributed by atoms with van der Waals surface area (Å²) in [5, 5.41) is 0.574. The van der Waals surface area contributed by atoms with Gasteiger partial charge in [0.25, 0.3) is 0 Å². The van der Waals surface area contributed by atoms with E-state index in [0.29, 0.717) is 28.0 Å². The van der Waals surface area contributed by atoms with Crippen molar-refractivity contribution in [3.05, 3.63) is 63.4 Å². The van der Waals surface area contributed by atoms with Crippen LogP contribution in [0.1, 0.15) is 29.7 Å². The van der Waals surface area contributed by atoms with Crippen molar-refractivity contribution in [1.29, 1.82) is 0 Å². The number of benzene rings is 1. The van der Waals surface area contributed by atoms with Crippen LogP contribution in [-0.2, 0) is 0 Å². The topological polar surface area (TPSA) is 69.1 Å². The van der Waals surface area contributed by atoms with Crippen molar-refractivity contribution < 1.29 is 4.42 Å².